The molecule has 3 amide bonds. The monoisotopic (exact) mass is 850 g/mol. The molecule has 2 aromatic carbocycles. The fourth-order valence-electron chi connectivity index (χ4n) is 4.07. The van der Waals surface area contributed by atoms with E-state index in [4.69, 9.17) is 37.8 Å². The molecule has 0 bridgehead atoms. The van der Waals surface area contributed by atoms with Crippen molar-refractivity contribution in [2.75, 3.05) is 28.3 Å². The molecule has 56 heavy (non-hydrogen) atoms. The Kier molecular flexibility index (Phi) is 24.8. The fourth-order valence-corrected chi connectivity index (χ4v) is 4.32. The van der Waals surface area contributed by atoms with Crippen LogP contribution in [0.2, 0.25) is 10.0 Å². The molecule has 1 unspecified atom stereocenters. The number of carboxylic acids is 1. The van der Waals surface area contributed by atoms with Gasteiger partial charge in [0.2, 0.25) is 5.91 Å². The summed E-state index contributed by atoms with van der Waals surface area (Å²) in [6, 6.07) is 10.8. The molecule has 18 heteroatoms. The third-order valence-electron chi connectivity index (χ3n) is 7.14. The van der Waals surface area contributed by atoms with Gasteiger partial charge in [-0.2, -0.15) is 0 Å². The number of halogens is 3. The average Bonchev–Trinajstić information content (AvgIpc) is 3.09. The molecule has 0 aliphatic heterocycles. The van der Waals surface area contributed by atoms with E-state index in [0.717, 1.165) is 11.1 Å². The molecule has 2 aromatic rings. The summed E-state index contributed by atoms with van der Waals surface area (Å²) < 4.78 is 19.4. The molecule has 0 aliphatic carbocycles. The van der Waals surface area contributed by atoms with Gasteiger partial charge < -0.3 is 44.9 Å². The third kappa shape index (κ3) is 22.9. The van der Waals surface area contributed by atoms with E-state index in [2.05, 4.69) is 25.4 Å². The number of carbonyl (C=O) groups is 6. The quantitative estimate of drug-likeness (QED) is 0.147. The number of rotatable bonds is 12. The molecule has 0 aromatic heterocycles. The van der Waals surface area contributed by atoms with Crippen LogP contribution in [-0.4, -0.2) is 110 Å². The van der Waals surface area contributed by atoms with Gasteiger partial charge in [-0.25, -0.2) is 19.2 Å². The molecule has 0 fully saturated rings. The number of amides is 3. The van der Waals surface area contributed by atoms with E-state index in [1.165, 1.54) is 26.2 Å². The topological polar surface area (TPSA) is 199 Å². The zero-order chi connectivity index (χ0) is 42.7. The lowest BCUT2D eigenvalue weighted by Gasteiger charge is -2.29. The molecular formula is C38H57Cl3N4O11. The predicted molar refractivity (Wildman–Crippen MR) is 216 cm³/mol. The smallest absolute Gasteiger partial charge is 0.408 e. The maximum atomic E-state index is 12.9. The standard InChI is InChI=1S/C19H27ClN2O5.C14H18ClNO4.C5H11NO2.ClH/c1-12(17(24)26-6)22(5)16(23)15(21-18(25)27-19(2,3)4)11-13-7-9-14(20)10-8-13;1-14(2,3)20-13(19)16-11(12(17)18)8-9-4-6-10(15)7-5-9;1-4(6-2)5(7)8-3;/h7-10,12,15H,11H2,1-6H3,(H,21,25);4-7,11H,8H2,1-3H3,(H,16,19)(H,17,18);4,6H,1-3H3;1H/t12-,15?;11-;4-;/m000./s1. The lowest BCUT2D eigenvalue weighted by atomic mass is 10.0. The zero-order valence-electron chi connectivity index (χ0n) is 34.0. The van der Waals surface area contributed by atoms with E-state index in [-0.39, 0.29) is 37.3 Å². The Morgan fingerprint density at radius 3 is 1.36 bits per heavy atom. The molecule has 0 heterocycles. The molecule has 2 rings (SSSR count). The number of nitrogens with one attached hydrogen (secondary N) is 3. The van der Waals surface area contributed by atoms with E-state index in [1.807, 2.05) is 0 Å². The Hall–Kier alpha value is -4.31. The van der Waals surface area contributed by atoms with Gasteiger partial charge in [-0.1, -0.05) is 47.5 Å². The summed E-state index contributed by atoms with van der Waals surface area (Å²) in [6.45, 7) is 13.6. The predicted octanol–water partition coefficient (Wildman–Crippen LogP) is 5.85. The fraction of sp³-hybridized carbons (Fsp3) is 0.526. The lowest BCUT2D eigenvalue weighted by molar-refractivity contribution is -0.151. The van der Waals surface area contributed by atoms with Crippen molar-refractivity contribution in [1.29, 1.82) is 0 Å². The van der Waals surface area contributed by atoms with Gasteiger partial charge in [0.25, 0.3) is 0 Å². The molecule has 0 saturated heterocycles. The van der Waals surface area contributed by atoms with Crippen LogP contribution in [0.1, 0.15) is 66.5 Å². The number of nitrogens with zero attached hydrogens (tertiary/aromatic N) is 1. The highest BCUT2D eigenvalue weighted by molar-refractivity contribution is 6.30. The van der Waals surface area contributed by atoms with Gasteiger partial charge in [-0.05, 0) is 97.8 Å². The molecule has 0 radical (unpaired) electrons. The maximum absolute atomic E-state index is 12.9. The van der Waals surface area contributed by atoms with E-state index in [0.29, 0.717) is 10.0 Å². The van der Waals surface area contributed by atoms with Crippen molar-refractivity contribution in [3.63, 3.8) is 0 Å². The van der Waals surface area contributed by atoms with Crippen LogP contribution in [0.5, 0.6) is 0 Å². The minimum Gasteiger partial charge on any atom is -0.480 e. The zero-order valence-corrected chi connectivity index (χ0v) is 36.3. The Morgan fingerprint density at radius 1 is 0.696 bits per heavy atom. The minimum atomic E-state index is -1.12. The number of carboxylic acid groups (broad SMARTS) is 1. The van der Waals surface area contributed by atoms with Crippen LogP contribution in [-0.2, 0) is 51.0 Å². The normalized spacial score (nSPS) is 12.8. The van der Waals surface area contributed by atoms with Gasteiger partial charge in [-0.15, -0.1) is 12.4 Å². The van der Waals surface area contributed by atoms with E-state index in [9.17, 15) is 28.8 Å². The Morgan fingerprint density at radius 2 is 1.05 bits per heavy atom. The number of hydrogen-bond donors (Lipinski definition) is 4. The summed E-state index contributed by atoms with van der Waals surface area (Å²) >= 11 is 11.7. The number of hydrogen-bond acceptors (Lipinski definition) is 11. The Bertz CT molecular complexity index is 1550. The summed E-state index contributed by atoms with van der Waals surface area (Å²) in [4.78, 5) is 71.3. The van der Waals surface area contributed by atoms with Crippen molar-refractivity contribution in [3.8, 4) is 0 Å². The first-order valence-electron chi connectivity index (χ1n) is 17.1. The van der Waals surface area contributed by atoms with Crippen LogP contribution in [0.25, 0.3) is 0 Å². The van der Waals surface area contributed by atoms with Crippen molar-refractivity contribution in [2.24, 2.45) is 0 Å². The number of methoxy groups -OCH3 is 2. The summed E-state index contributed by atoms with van der Waals surface area (Å²) in [5, 5.41) is 18.0. The Balaban J connectivity index is 0. The maximum Gasteiger partial charge on any atom is 0.408 e. The van der Waals surface area contributed by atoms with Crippen molar-refractivity contribution in [3.05, 3.63) is 69.7 Å². The van der Waals surface area contributed by atoms with Gasteiger partial charge in [0.05, 0.1) is 14.2 Å². The molecule has 4 atom stereocenters. The SMILES string of the molecule is CC(C)(C)OC(=O)N[C@@H](Cc1ccc(Cl)cc1)C(=O)O.CN[C@@H](C)C(=O)OC.COC(=O)[C@H](C)N(C)C(=O)C(Cc1ccc(Cl)cc1)NC(=O)OC(C)(C)C.Cl. The lowest BCUT2D eigenvalue weighted by Crippen LogP contribution is -2.53. The molecule has 316 valence electrons. The molecule has 4 N–H and O–H groups in total. The summed E-state index contributed by atoms with van der Waals surface area (Å²) in [5.41, 5.74) is 0.183. The van der Waals surface area contributed by atoms with Crippen LogP contribution < -0.4 is 16.0 Å². The van der Waals surface area contributed by atoms with E-state index in [1.54, 1.807) is 111 Å². The highest BCUT2D eigenvalue weighted by Gasteiger charge is 2.31. The number of carbonyl (C=O) groups excluding carboxylic acids is 5. The summed E-state index contributed by atoms with van der Waals surface area (Å²) in [6.07, 6.45) is -1.09. The van der Waals surface area contributed by atoms with Gasteiger partial charge in [0, 0.05) is 29.9 Å². The van der Waals surface area contributed by atoms with Crippen molar-refractivity contribution < 1.29 is 52.8 Å². The van der Waals surface area contributed by atoms with Gasteiger partial charge in [0.1, 0.15) is 35.4 Å². The van der Waals surface area contributed by atoms with E-state index >= 15 is 0 Å². The number of aliphatic carboxylic acids is 1. The van der Waals surface area contributed by atoms with Crippen molar-refractivity contribution in [2.45, 2.75) is 104 Å². The van der Waals surface area contributed by atoms with Crippen LogP contribution in [0.3, 0.4) is 0 Å². The first-order chi connectivity index (χ1) is 25.3. The number of benzene rings is 2. The highest BCUT2D eigenvalue weighted by atomic mass is 35.5. The van der Waals surface area contributed by atoms with Gasteiger partial charge in [-0.3, -0.25) is 9.59 Å². The van der Waals surface area contributed by atoms with Crippen LogP contribution in [0, 0.1) is 0 Å². The molecular weight excluding hydrogens is 795 g/mol. The second kappa shape index (κ2) is 25.8. The van der Waals surface area contributed by atoms with Gasteiger partial charge >= 0.3 is 30.1 Å². The highest BCUT2D eigenvalue weighted by Crippen LogP contribution is 2.15. The average molecular weight is 852 g/mol. The van der Waals surface area contributed by atoms with E-state index < -0.39 is 59.4 Å². The molecule has 0 spiro atoms. The first kappa shape index (κ1) is 53.8. The first-order valence-corrected chi connectivity index (χ1v) is 17.9. The van der Waals surface area contributed by atoms with Crippen LogP contribution in [0.15, 0.2) is 48.5 Å². The molecule has 0 aliphatic rings. The summed E-state index contributed by atoms with van der Waals surface area (Å²) in [7, 11) is 5.81. The minimum absolute atomic E-state index is 0. The number of esters is 2. The Labute approximate surface area is 345 Å². The third-order valence-corrected chi connectivity index (χ3v) is 7.65. The molecule has 15 nitrogen and oxygen atoms in total. The van der Waals surface area contributed by atoms with Crippen molar-refractivity contribution >= 4 is 71.6 Å². The van der Waals surface area contributed by atoms with Crippen molar-refractivity contribution in [1.82, 2.24) is 20.9 Å². The largest absolute Gasteiger partial charge is 0.480 e. The number of ether oxygens (including phenoxy) is 4. The van der Waals surface area contributed by atoms with Gasteiger partial charge in [0.15, 0.2) is 0 Å². The summed E-state index contributed by atoms with van der Waals surface area (Å²) in [5.74, 6) is -2.33. The molecule has 0 saturated carbocycles. The second-order valence-electron chi connectivity index (χ2n) is 14.1. The van der Waals surface area contributed by atoms with Crippen LogP contribution in [0.4, 0.5) is 9.59 Å². The second-order valence-corrected chi connectivity index (χ2v) is 15.0. The van der Waals surface area contributed by atoms with Crippen LogP contribution >= 0.6 is 35.6 Å². The number of alkyl carbamates (subject to hydrolysis) is 2. The number of likely N-dealkylation sites (N-methyl/N-ethyl adjacent to an activating group) is 2.